The van der Waals surface area contributed by atoms with Crippen LogP contribution in [0.5, 0.6) is 17.2 Å². The molecule has 2 aromatic rings. The lowest BCUT2D eigenvalue weighted by molar-refractivity contribution is -0.274. The molecule has 1 aliphatic rings. The molecule has 37 heavy (non-hydrogen) atoms. The largest absolute Gasteiger partial charge is 0.573 e. The maximum Gasteiger partial charge on any atom is 0.573 e. The zero-order valence-electron chi connectivity index (χ0n) is 19.8. The number of sulfone groups is 1. The van der Waals surface area contributed by atoms with E-state index in [1.807, 2.05) is 0 Å². The van der Waals surface area contributed by atoms with Gasteiger partial charge in [0, 0.05) is 0 Å². The van der Waals surface area contributed by atoms with Crippen LogP contribution < -0.4 is 9.47 Å². The second-order valence-electron chi connectivity index (χ2n) is 8.55. The Morgan fingerprint density at radius 1 is 1.05 bits per heavy atom. The van der Waals surface area contributed by atoms with E-state index in [0.29, 0.717) is 5.06 Å². The zero-order valence-corrected chi connectivity index (χ0v) is 20.6. The fraction of sp³-hybridized carbons (Fsp3) is 0.417. The van der Waals surface area contributed by atoms with E-state index in [2.05, 4.69) is 4.74 Å². The summed E-state index contributed by atoms with van der Waals surface area (Å²) in [5.74, 6) is -1.39. The average molecular weight is 546 g/mol. The van der Waals surface area contributed by atoms with Crippen molar-refractivity contribution in [2.45, 2.75) is 49.4 Å². The van der Waals surface area contributed by atoms with E-state index in [1.165, 1.54) is 36.4 Å². The van der Waals surface area contributed by atoms with Gasteiger partial charge in [-0.25, -0.2) is 13.5 Å². The summed E-state index contributed by atoms with van der Waals surface area (Å²) in [6.07, 6.45) is -4.00. The minimum absolute atomic E-state index is 0.0834. The smallest absolute Gasteiger partial charge is 0.466 e. The molecule has 0 aromatic heterocycles. The van der Waals surface area contributed by atoms with Crippen molar-refractivity contribution >= 4 is 22.2 Å². The van der Waals surface area contributed by atoms with Crippen LogP contribution in [0.4, 0.5) is 13.2 Å². The van der Waals surface area contributed by atoms with Gasteiger partial charge in [0.15, 0.2) is 9.84 Å². The van der Waals surface area contributed by atoms with Gasteiger partial charge in [0.05, 0.1) is 28.7 Å². The molecule has 3 rings (SSSR count). The molecular weight excluding hydrogens is 519 g/mol. The Kier molecular flexibility index (Phi) is 8.69. The van der Waals surface area contributed by atoms with Crippen molar-refractivity contribution < 1.29 is 50.6 Å². The summed E-state index contributed by atoms with van der Waals surface area (Å²) >= 11 is 0. The second kappa shape index (κ2) is 11.4. The predicted molar refractivity (Wildman–Crippen MR) is 123 cm³/mol. The minimum Gasteiger partial charge on any atom is -0.466 e. The Labute approximate surface area is 211 Å². The van der Waals surface area contributed by atoms with Gasteiger partial charge in [-0.3, -0.25) is 14.8 Å². The van der Waals surface area contributed by atoms with Gasteiger partial charge in [-0.15, -0.1) is 13.2 Å². The summed E-state index contributed by atoms with van der Waals surface area (Å²) < 4.78 is 77.5. The maximum atomic E-state index is 13.2. The lowest BCUT2D eigenvalue weighted by Gasteiger charge is -2.42. The number of rotatable bonds is 10. The van der Waals surface area contributed by atoms with Crippen LogP contribution in [0.1, 0.15) is 32.6 Å². The average Bonchev–Trinajstić information content (AvgIpc) is 2.84. The SMILES string of the molecule is CCOC(=O)C1CCC(CS(=O)(=O)c2ccc(Oc3ccc(OC(F)(F)F)cc3)cc2)(N(O)C=O)CC1. The van der Waals surface area contributed by atoms with Crippen molar-refractivity contribution in [3.63, 3.8) is 0 Å². The van der Waals surface area contributed by atoms with Gasteiger partial charge in [0.25, 0.3) is 0 Å². The first-order valence-corrected chi connectivity index (χ1v) is 13.0. The van der Waals surface area contributed by atoms with Crippen LogP contribution in [0.2, 0.25) is 0 Å². The first kappa shape index (κ1) is 28.3. The summed E-state index contributed by atoms with van der Waals surface area (Å²) in [6, 6.07) is 9.98. The Hall–Kier alpha value is -3.32. The van der Waals surface area contributed by atoms with Crippen LogP contribution in [-0.2, 0) is 24.2 Å². The van der Waals surface area contributed by atoms with Crippen LogP contribution >= 0.6 is 0 Å². The van der Waals surface area contributed by atoms with Crippen molar-refractivity contribution in [2.75, 3.05) is 12.4 Å². The van der Waals surface area contributed by atoms with Crippen molar-refractivity contribution in [2.24, 2.45) is 5.92 Å². The number of carbonyl (C=O) groups excluding carboxylic acids is 2. The van der Waals surface area contributed by atoms with E-state index in [0.717, 1.165) is 12.1 Å². The quantitative estimate of drug-likeness (QED) is 0.201. The topological polar surface area (TPSA) is 119 Å². The molecule has 1 amide bonds. The highest BCUT2D eigenvalue weighted by molar-refractivity contribution is 7.91. The van der Waals surface area contributed by atoms with Crippen LogP contribution in [0.3, 0.4) is 0 Å². The summed E-state index contributed by atoms with van der Waals surface area (Å²) in [7, 11) is -3.99. The highest BCUT2D eigenvalue weighted by Gasteiger charge is 2.45. The molecule has 9 nitrogen and oxygen atoms in total. The van der Waals surface area contributed by atoms with Gasteiger partial charge in [0.2, 0.25) is 6.41 Å². The Morgan fingerprint density at radius 2 is 1.57 bits per heavy atom. The van der Waals surface area contributed by atoms with Gasteiger partial charge in [-0.2, -0.15) is 0 Å². The van der Waals surface area contributed by atoms with E-state index >= 15 is 0 Å². The molecule has 0 atom stereocenters. The van der Waals surface area contributed by atoms with Gasteiger partial charge in [-0.05, 0) is 81.1 Å². The Morgan fingerprint density at radius 3 is 2.05 bits per heavy atom. The third kappa shape index (κ3) is 7.35. The molecule has 1 saturated carbocycles. The molecule has 0 saturated heterocycles. The fourth-order valence-electron chi connectivity index (χ4n) is 4.20. The molecule has 0 spiro atoms. The molecule has 202 valence electrons. The highest BCUT2D eigenvalue weighted by atomic mass is 32.2. The minimum atomic E-state index is -4.82. The summed E-state index contributed by atoms with van der Waals surface area (Å²) in [5, 5.41) is 10.6. The Bertz CT molecular complexity index is 1180. The summed E-state index contributed by atoms with van der Waals surface area (Å²) in [5.41, 5.74) is -1.40. The number of hydroxylamine groups is 2. The molecule has 2 aromatic carbocycles. The number of alkyl halides is 3. The Balaban J connectivity index is 1.70. The van der Waals surface area contributed by atoms with Crippen molar-refractivity contribution in [1.29, 1.82) is 0 Å². The van der Waals surface area contributed by atoms with Gasteiger partial charge < -0.3 is 14.2 Å². The number of hydrogen-bond donors (Lipinski definition) is 1. The standard InChI is InChI=1S/C24H26F3NO8S/c1-2-34-22(30)17-11-13-23(14-12-17,28(31)16-29)15-37(32,33)21-9-7-19(8-10-21)35-18-3-5-20(6-4-18)36-24(25,26)27/h3-10,16-17,31H,2,11-15H2,1H3. The van der Waals surface area contributed by atoms with Gasteiger partial charge in [-0.1, -0.05) is 0 Å². The molecule has 0 aliphatic heterocycles. The third-order valence-corrected chi connectivity index (χ3v) is 7.96. The van der Waals surface area contributed by atoms with Crippen LogP contribution in [-0.4, -0.2) is 55.3 Å². The highest BCUT2D eigenvalue weighted by Crippen LogP contribution is 2.38. The third-order valence-electron chi connectivity index (χ3n) is 6.06. The van der Waals surface area contributed by atoms with Gasteiger partial charge in [0.1, 0.15) is 17.2 Å². The molecule has 0 heterocycles. The number of ether oxygens (including phenoxy) is 3. The number of carbonyl (C=O) groups is 2. The lowest BCUT2D eigenvalue weighted by atomic mass is 9.77. The first-order chi connectivity index (χ1) is 17.4. The van der Waals surface area contributed by atoms with Crippen molar-refractivity contribution in [3.8, 4) is 17.2 Å². The van der Waals surface area contributed by atoms with Crippen molar-refractivity contribution in [1.82, 2.24) is 5.06 Å². The van der Waals surface area contributed by atoms with Gasteiger partial charge >= 0.3 is 12.3 Å². The van der Waals surface area contributed by atoms with E-state index < -0.39 is 45.1 Å². The monoisotopic (exact) mass is 545 g/mol. The van der Waals surface area contributed by atoms with E-state index in [1.54, 1.807) is 6.92 Å². The number of nitrogens with zero attached hydrogens (tertiary/aromatic N) is 1. The first-order valence-electron chi connectivity index (χ1n) is 11.3. The van der Waals surface area contributed by atoms with Crippen LogP contribution in [0.25, 0.3) is 0 Å². The second-order valence-corrected chi connectivity index (χ2v) is 10.5. The lowest BCUT2D eigenvalue weighted by Crippen LogP contribution is -2.53. The van der Waals surface area contributed by atoms with Crippen LogP contribution in [0, 0.1) is 5.92 Å². The molecule has 1 aliphatic carbocycles. The normalized spacial score (nSPS) is 20.1. The molecule has 1 N–H and O–H groups in total. The molecule has 0 unspecified atom stereocenters. The molecule has 0 bridgehead atoms. The fourth-order valence-corrected chi connectivity index (χ4v) is 6.05. The van der Waals surface area contributed by atoms with Crippen molar-refractivity contribution in [3.05, 3.63) is 48.5 Å². The number of benzene rings is 2. The summed E-state index contributed by atoms with van der Waals surface area (Å²) in [6.45, 7) is 1.89. The van der Waals surface area contributed by atoms with E-state index in [4.69, 9.17) is 9.47 Å². The number of hydrogen-bond acceptors (Lipinski definition) is 8. The molecule has 0 radical (unpaired) electrons. The zero-order chi connectivity index (χ0) is 27.3. The van der Waals surface area contributed by atoms with E-state index in [9.17, 15) is 36.4 Å². The number of esters is 1. The number of amides is 1. The van der Waals surface area contributed by atoms with E-state index in [-0.39, 0.29) is 55.1 Å². The maximum absolute atomic E-state index is 13.2. The predicted octanol–water partition coefficient (Wildman–Crippen LogP) is 4.49. The summed E-state index contributed by atoms with van der Waals surface area (Å²) in [4.78, 5) is 23.3. The van der Waals surface area contributed by atoms with Crippen LogP contribution in [0.15, 0.2) is 53.4 Å². The molecule has 13 heteroatoms. The number of halogens is 3. The molecule has 1 fully saturated rings. The molecular formula is C24H26F3NO8S.